The van der Waals surface area contributed by atoms with Gasteiger partial charge in [0.15, 0.2) is 5.13 Å². The molecular weight excluding hydrogens is 374 g/mol. The van der Waals surface area contributed by atoms with Crippen LogP contribution in [0.1, 0.15) is 20.8 Å². The second-order valence-corrected chi connectivity index (χ2v) is 6.92. The minimum Gasteiger partial charge on any atom is -0.382 e. The summed E-state index contributed by atoms with van der Waals surface area (Å²) in [5.74, 6) is 0.129. The van der Waals surface area contributed by atoms with Crippen LogP contribution in [0.2, 0.25) is 0 Å². The second-order valence-electron chi connectivity index (χ2n) is 5.01. The third-order valence-electron chi connectivity index (χ3n) is 3.35. The number of ketones is 1. The van der Waals surface area contributed by atoms with Crippen LogP contribution < -0.4 is 11.1 Å². The summed E-state index contributed by atoms with van der Waals surface area (Å²) < 4.78 is 0.924. The molecule has 1 heterocycles. The lowest BCUT2D eigenvalue weighted by Crippen LogP contribution is -2.02. The third kappa shape index (κ3) is 3.43. The van der Waals surface area contributed by atoms with Crippen LogP contribution in [-0.4, -0.2) is 10.8 Å². The predicted molar refractivity (Wildman–Crippen MR) is 98.6 cm³/mol. The van der Waals surface area contributed by atoms with E-state index in [0.717, 1.165) is 15.7 Å². The number of hydrogen-bond donors (Lipinski definition) is 2. The van der Waals surface area contributed by atoms with E-state index in [4.69, 9.17) is 5.73 Å². The Bertz CT molecular complexity index is 859. The van der Waals surface area contributed by atoms with Gasteiger partial charge in [-0.05, 0) is 42.8 Å². The van der Waals surface area contributed by atoms with E-state index in [0.29, 0.717) is 15.6 Å². The molecule has 0 aliphatic rings. The van der Waals surface area contributed by atoms with Gasteiger partial charge in [-0.2, -0.15) is 0 Å². The van der Waals surface area contributed by atoms with E-state index in [1.54, 1.807) is 12.1 Å². The summed E-state index contributed by atoms with van der Waals surface area (Å²) in [6.45, 7) is 2.01. The maximum absolute atomic E-state index is 12.6. The summed E-state index contributed by atoms with van der Waals surface area (Å²) in [5.41, 5.74) is 8.57. The number of hydrogen-bond acceptors (Lipinski definition) is 5. The van der Waals surface area contributed by atoms with Crippen molar-refractivity contribution in [2.75, 3.05) is 11.1 Å². The molecule has 0 fully saturated rings. The summed E-state index contributed by atoms with van der Waals surface area (Å²) >= 11 is 4.62. The van der Waals surface area contributed by atoms with Gasteiger partial charge in [-0.3, -0.25) is 4.79 Å². The van der Waals surface area contributed by atoms with Crippen molar-refractivity contribution in [2.24, 2.45) is 0 Å². The van der Waals surface area contributed by atoms with Crippen molar-refractivity contribution in [1.29, 1.82) is 0 Å². The third-order valence-corrected chi connectivity index (χ3v) is 4.87. The smallest absolute Gasteiger partial charge is 0.206 e. The van der Waals surface area contributed by atoms with Gasteiger partial charge in [-0.1, -0.05) is 45.5 Å². The number of carbonyl (C=O) groups excluding carboxylic acids is 1. The molecule has 0 atom stereocenters. The molecule has 2 aromatic carbocycles. The van der Waals surface area contributed by atoms with E-state index in [1.807, 2.05) is 43.3 Å². The molecule has 4 nitrogen and oxygen atoms in total. The number of thiazole rings is 1. The van der Waals surface area contributed by atoms with Gasteiger partial charge in [-0.25, -0.2) is 4.98 Å². The van der Waals surface area contributed by atoms with Crippen molar-refractivity contribution in [3.05, 3.63) is 69.0 Å². The van der Waals surface area contributed by atoms with Crippen molar-refractivity contribution in [3.63, 3.8) is 0 Å². The Labute approximate surface area is 146 Å². The van der Waals surface area contributed by atoms with Gasteiger partial charge in [0.2, 0.25) is 5.78 Å². The molecule has 0 spiro atoms. The summed E-state index contributed by atoms with van der Waals surface area (Å²) in [5, 5.41) is 3.83. The number of halogens is 1. The summed E-state index contributed by atoms with van der Waals surface area (Å²) in [6.07, 6.45) is 0. The molecule has 3 N–H and O–H groups in total. The Balaban J connectivity index is 1.87. The van der Waals surface area contributed by atoms with Crippen LogP contribution in [0.25, 0.3) is 0 Å². The highest BCUT2D eigenvalue weighted by molar-refractivity contribution is 9.10. The van der Waals surface area contributed by atoms with Crippen molar-refractivity contribution in [1.82, 2.24) is 4.98 Å². The monoisotopic (exact) mass is 387 g/mol. The first-order chi connectivity index (χ1) is 11.0. The molecule has 0 aliphatic heterocycles. The van der Waals surface area contributed by atoms with Crippen LogP contribution in [0.5, 0.6) is 0 Å². The number of nitrogens with two attached hydrogens (primary N) is 1. The van der Waals surface area contributed by atoms with E-state index in [-0.39, 0.29) is 11.6 Å². The summed E-state index contributed by atoms with van der Waals surface area (Å²) in [6, 6.07) is 15.1. The average molecular weight is 388 g/mol. The van der Waals surface area contributed by atoms with Crippen LogP contribution in [0, 0.1) is 6.92 Å². The number of benzene rings is 2. The lowest BCUT2D eigenvalue weighted by molar-refractivity contribution is 0.104. The predicted octanol–water partition coefficient (Wildman–Crippen LogP) is 4.77. The van der Waals surface area contributed by atoms with Crippen molar-refractivity contribution in [2.45, 2.75) is 6.92 Å². The molecule has 0 saturated heterocycles. The zero-order valence-electron chi connectivity index (χ0n) is 12.3. The molecule has 0 radical (unpaired) electrons. The molecule has 6 heteroatoms. The minimum atomic E-state index is -0.120. The molecule has 116 valence electrons. The quantitative estimate of drug-likeness (QED) is 0.632. The molecule has 0 unspecified atom stereocenters. The first-order valence-electron chi connectivity index (χ1n) is 6.94. The lowest BCUT2D eigenvalue weighted by atomic mass is 10.1. The number of nitrogen functional groups attached to an aromatic ring is 1. The summed E-state index contributed by atoms with van der Waals surface area (Å²) in [4.78, 5) is 17.3. The molecule has 23 heavy (non-hydrogen) atoms. The maximum atomic E-state index is 12.6. The van der Waals surface area contributed by atoms with Gasteiger partial charge in [-0.15, -0.1) is 0 Å². The molecule has 1 aromatic heterocycles. The maximum Gasteiger partial charge on any atom is 0.206 e. The number of para-hydroxylation sites is 1. The highest BCUT2D eigenvalue weighted by Gasteiger charge is 2.18. The number of rotatable bonds is 4. The van der Waals surface area contributed by atoms with Gasteiger partial charge in [0.05, 0.1) is 0 Å². The van der Waals surface area contributed by atoms with Crippen LogP contribution in [0.4, 0.5) is 16.6 Å². The van der Waals surface area contributed by atoms with Crippen LogP contribution >= 0.6 is 27.3 Å². The van der Waals surface area contributed by atoms with Crippen LogP contribution in [-0.2, 0) is 0 Å². The number of carbonyl (C=O) groups is 1. The standard InChI is InChI=1S/C17H14BrN3OS/c1-10-4-2-3-5-13(10)20-17-21-16(19)15(23-17)14(22)11-6-8-12(18)9-7-11/h2-9H,19H2,1H3,(H,20,21). The fraction of sp³-hybridized carbons (Fsp3) is 0.0588. The van der Waals surface area contributed by atoms with Crippen LogP contribution in [0.15, 0.2) is 53.0 Å². The SMILES string of the molecule is Cc1ccccc1Nc1nc(N)c(C(=O)c2ccc(Br)cc2)s1. The fourth-order valence-corrected chi connectivity index (χ4v) is 3.23. The van der Waals surface area contributed by atoms with Gasteiger partial charge < -0.3 is 11.1 Å². The zero-order chi connectivity index (χ0) is 16.4. The minimum absolute atomic E-state index is 0.120. The van der Waals surface area contributed by atoms with Gasteiger partial charge in [0, 0.05) is 15.7 Å². The molecular formula is C17H14BrN3OS. The first kappa shape index (κ1) is 15.7. The van der Waals surface area contributed by atoms with E-state index < -0.39 is 0 Å². The molecule has 0 saturated carbocycles. The highest BCUT2D eigenvalue weighted by Crippen LogP contribution is 2.30. The first-order valence-corrected chi connectivity index (χ1v) is 8.55. The fourth-order valence-electron chi connectivity index (χ4n) is 2.11. The Morgan fingerprint density at radius 1 is 1.17 bits per heavy atom. The van der Waals surface area contributed by atoms with Gasteiger partial charge in [0.1, 0.15) is 10.7 Å². The summed E-state index contributed by atoms with van der Waals surface area (Å²) in [7, 11) is 0. The number of aromatic nitrogens is 1. The van der Waals surface area contributed by atoms with Crippen molar-refractivity contribution < 1.29 is 4.79 Å². The number of aryl methyl sites for hydroxylation is 1. The number of anilines is 3. The largest absolute Gasteiger partial charge is 0.382 e. The average Bonchev–Trinajstić information content (AvgIpc) is 2.90. The van der Waals surface area contributed by atoms with E-state index in [1.165, 1.54) is 11.3 Å². The van der Waals surface area contributed by atoms with E-state index >= 15 is 0 Å². The lowest BCUT2D eigenvalue weighted by Gasteiger charge is -2.05. The molecule has 3 aromatic rings. The number of nitrogens with zero attached hydrogens (tertiary/aromatic N) is 1. The highest BCUT2D eigenvalue weighted by atomic mass is 79.9. The van der Waals surface area contributed by atoms with Crippen molar-refractivity contribution >= 4 is 49.7 Å². The van der Waals surface area contributed by atoms with E-state index in [2.05, 4.69) is 26.2 Å². The van der Waals surface area contributed by atoms with Gasteiger partial charge >= 0.3 is 0 Å². The second kappa shape index (κ2) is 6.52. The molecule has 3 rings (SSSR count). The van der Waals surface area contributed by atoms with Crippen LogP contribution in [0.3, 0.4) is 0 Å². The number of nitrogens with one attached hydrogen (secondary N) is 1. The Hall–Kier alpha value is -2.18. The Kier molecular flexibility index (Phi) is 4.45. The zero-order valence-corrected chi connectivity index (χ0v) is 14.7. The Morgan fingerprint density at radius 3 is 2.57 bits per heavy atom. The molecule has 0 bridgehead atoms. The molecule has 0 amide bonds. The van der Waals surface area contributed by atoms with E-state index in [9.17, 15) is 4.79 Å². The Morgan fingerprint density at radius 2 is 1.87 bits per heavy atom. The molecule has 0 aliphatic carbocycles. The normalized spacial score (nSPS) is 10.5. The van der Waals surface area contributed by atoms with Crippen molar-refractivity contribution in [3.8, 4) is 0 Å². The van der Waals surface area contributed by atoms with Gasteiger partial charge in [0.25, 0.3) is 0 Å². The topological polar surface area (TPSA) is 68.0 Å².